The predicted molar refractivity (Wildman–Crippen MR) is 60.1 cm³/mol. The molecule has 1 aromatic carbocycles. The molecule has 0 spiro atoms. The number of nitro benzene ring substituents is 1. The topological polar surface area (TPSA) is 102 Å². The van der Waals surface area contributed by atoms with Gasteiger partial charge in [0, 0.05) is 12.1 Å². The van der Waals surface area contributed by atoms with Crippen LogP contribution in [0.2, 0.25) is 5.02 Å². The molecule has 3 N–H and O–H groups in total. The molecule has 8 heteroatoms. The van der Waals surface area contributed by atoms with Crippen LogP contribution in [-0.4, -0.2) is 16.9 Å². The fourth-order valence-corrected chi connectivity index (χ4v) is 1.20. The van der Waals surface area contributed by atoms with Crippen LogP contribution in [0.25, 0.3) is 0 Å². The molecule has 0 amide bonds. The Morgan fingerprint density at radius 2 is 2.29 bits per heavy atom. The van der Waals surface area contributed by atoms with Crippen molar-refractivity contribution in [3.63, 3.8) is 0 Å². The molecule has 0 aromatic heterocycles. The molecular formula is C9H9ClFN3O3. The molecular weight excluding hydrogens is 253 g/mol. The Bertz CT molecular complexity index is 481. The maximum atomic E-state index is 13.3. The third-order valence-electron chi connectivity index (χ3n) is 1.94. The molecule has 1 rings (SSSR count). The van der Waals surface area contributed by atoms with E-state index in [0.717, 1.165) is 12.1 Å². The van der Waals surface area contributed by atoms with Crippen molar-refractivity contribution in [3.8, 4) is 5.75 Å². The van der Waals surface area contributed by atoms with Gasteiger partial charge >= 0.3 is 5.69 Å². The van der Waals surface area contributed by atoms with Gasteiger partial charge in [0.2, 0.25) is 5.82 Å². The molecule has 0 radical (unpaired) electrons. The molecule has 0 aliphatic rings. The second-order valence-electron chi connectivity index (χ2n) is 3.21. The highest BCUT2D eigenvalue weighted by Gasteiger charge is 2.19. The van der Waals surface area contributed by atoms with Gasteiger partial charge in [-0.3, -0.25) is 15.5 Å². The summed E-state index contributed by atoms with van der Waals surface area (Å²) >= 11 is 5.69. The minimum absolute atomic E-state index is 0.0996. The highest BCUT2D eigenvalue weighted by atomic mass is 35.5. The molecule has 1 atom stereocenters. The lowest BCUT2D eigenvalue weighted by Gasteiger charge is -2.14. The fraction of sp³-hybridized carbons (Fsp3) is 0.222. The third kappa shape index (κ3) is 3.04. The normalized spacial score (nSPS) is 11.9. The largest absolute Gasteiger partial charge is 0.481 e. The van der Waals surface area contributed by atoms with Crippen LogP contribution in [0.1, 0.15) is 6.92 Å². The van der Waals surface area contributed by atoms with Gasteiger partial charge in [0.1, 0.15) is 11.6 Å². The van der Waals surface area contributed by atoms with Gasteiger partial charge in [0.25, 0.3) is 0 Å². The number of rotatable bonds is 4. The van der Waals surface area contributed by atoms with Crippen molar-refractivity contribution < 1.29 is 14.1 Å². The van der Waals surface area contributed by atoms with E-state index in [9.17, 15) is 14.5 Å². The summed E-state index contributed by atoms with van der Waals surface area (Å²) in [5.41, 5.74) is 4.43. The van der Waals surface area contributed by atoms with Crippen molar-refractivity contribution in [3.05, 3.63) is 33.1 Å². The van der Waals surface area contributed by atoms with E-state index in [-0.39, 0.29) is 16.6 Å². The molecule has 6 nitrogen and oxygen atoms in total. The van der Waals surface area contributed by atoms with Crippen molar-refractivity contribution in [2.75, 3.05) is 0 Å². The van der Waals surface area contributed by atoms with Crippen LogP contribution in [0.4, 0.5) is 10.1 Å². The first kappa shape index (κ1) is 13.2. The van der Waals surface area contributed by atoms with E-state index < -0.39 is 22.5 Å². The summed E-state index contributed by atoms with van der Waals surface area (Å²) in [5.74, 6) is -1.43. The Morgan fingerprint density at radius 3 is 2.76 bits per heavy atom. The van der Waals surface area contributed by atoms with Crippen LogP contribution in [0.15, 0.2) is 12.1 Å². The lowest BCUT2D eigenvalue weighted by atomic mass is 10.3. The first-order valence-corrected chi connectivity index (χ1v) is 4.84. The van der Waals surface area contributed by atoms with E-state index in [1.165, 1.54) is 6.92 Å². The lowest BCUT2D eigenvalue weighted by molar-refractivity contribution is -0.387. The molecule has 1 aromatic rings. The van der Waals surface area contributed by atoms with Gasteiger partial charge in [-0.1, -0.05) is 11.6 Å². The van der Waals surface area contributed by atoms with Gasteiger partial charge in [-0.2, -0.15) is 4.39 Å². The molecule has 0 saturated heterocycles. The zero-order valence-electron chi connectivity index (χ0n) is 8.74. The highest BCUT2D eigenvalue weighted by molar-refractivity contribution is 6.32. The maximum Gasteiger partial charge on any atom is 0.306 e. The zero-order chi connectivity index (χ0) is 13.2. The molecule has 0 aliphatic heterocycles. The highest BCUT2D eigenvalue weighted by Crippen LogP contribution is 2.32. The van der Waals surface area contributed by atoms with Crippen molar-refractivity contribution in [1.82, 2.24) is 0 Å². The Balaban J connectivity index is 3.08. The monoisotopic (exact) mass is 261 g/mol. The van der Waals surface area contributed by atoms with Crippen LogP contribution in [-0.2, 0) is 0 Å². The molecule has 0 bridgehead atoms. The van der Waals surface area contributed by atoms with Crippen LogP contribution < -0.4 is 10.5 Å². The first-order chi connectivity index (χ1) is 7.82. The Morgan fingerprint density at radius 1 is 1.71 bits per heavy atom. The molecule has 0 heterocycles. The van der Waals surface area contributed by atoms with E-state index >= 15 is 0 Å². The average Bonchev–Trinajstić information content (AvgIpc) is 2.22. The van der Waals surface area contributed by atoms with E-state index in [4.69, 9.17) is 27.5 Å². The van der Waals surface area contributed by atoms with Crippen molar-refractivity contribution in [2.45, 2.75) is 13.0 Å². The van der Waals surface area contributed by atoms with Gasteiger partial charge in [0.15, 0.2) is 6.10 Å². The second kappa shape index (κ2) is 4.96. The number of benzene rings is 1. The second-order valence-corrected chi connectivity index (χ2v) is 3.61. The van der Waals surface area contributed by atoms with E-state index in [2.05, 4.69) is 0 Å². The van der Waals surface area contributed by atoms with Crippen molar-refractivity contribution in [2.24, 2.45) is 5.73 Å². The van der Waals surface area contributed by atoms with Gasteiger partial charge < -0.3 is 10.5 Å². The van der Waals surface area contributed by atoms with E-state index in [1.54, 1.807) is 0 Å². The minimum Gasteiger partial charge on any atom is -0.481 e. The summed E-state index contributed by atoms with van der Waals surface area (Å²) in [6.07, 6.45) is -0.798. The first-order valence-electron chi connectivity index (χ1n) is 4.47. The molecule has 1 unspecified atom stereocenters. The Labute approximate surface area is 101 Å². The number of halogens is 2. The number of ether oxygens (including phenoxy) is 1. The molecule has 17 heavy (non-hydrogen) atoms. The number of hydrogen-bond donors (Lipinski definition) is 2. The fourth-order valence-electron chi connectivity index (χ4n) is 1.00. The summed E-state index contributed by atoms with van der Waals surface area (Å²) in [5, 5.41) is 17.4. The van der Waals surface area contributed by atoms with Gasteiger partial charge in [-0.15, -0.1) is 0 Å². The van der Waals surface area contributed by atoms with Crippen molar-refractivity contribution in [1.29, 1.82) is 5.41 Å². The minimum atomic E-state index is -1.06. The molecule has 0 aliphatic carbocycles. The predicted octanol–water partition coefficient (Wildman–Crippen LogP) is 2.09. The number of nitro groups is 1. The summed E-state index contributed by atoms with van der Waals surface area (Å²) in [6, 6.07) is 1.64. The Hall–Kier alpha value is -1.89. The van der Waals surface area contributed by atoms with Gasteiger partial charge in [-0.05, 0) is 6.92 Å². The van der Waals surface area contributed by atoms with E-state index in [0.29, 0.717) is 0 Å². The quantitative estimate of drug-likeness (QED) is 0.375. The number of nitrogens with two attached hydrogens (primary N) is 1. The molecule has 0 saturated carbocycles. The smallest absolute Gasteiger partial charge is 0.306 e. The zero-order valence-corrected chi connectivity index (χ0v) is 9.49. The SMILES string of the molecule is CC(Oc1cc(F)c([N+](=O)[O-])cc1Cl)C(=N)N. The standard InChI is InChI=1S/C9H9ClFN3O3/c1-4(9(12)13)17-8-3-6(11)7(14(15)16)2-5(8)10/h2-4H,1H3,(H3,12,13). The lowest BCUT2D eigenvalue weighted by Crippen LogP contribution is -2.30. The Kier molecular flexibility index (Phi) is 3.84. The number of hydrogen-bond acceptors (Lipinski definition) is 4. The number of amidine groups is 1. The summed E-state index contributed by atoms with van der Waals surface area (Å²) < 4.78 is 18.3. The summed E-state index contributed by atoms with van der Waals surface area (Å²) in [7, 11) is 0. The van der Waals surface area contributed by atoms with Crippen molar-refractivity contribution >= 4 is 23.1 Å². The third-order valence-corrected chi connectivity index (χ3v) is 2.24. The maximum absolute atomic E-state index is 13.3. The van der Waals surface area contributed by atoms with Gasteiger partial charge in [-0.25, -0.2) is 0 Å². The molecule has 0 fully saturated rings. The van der Waals surface area contributed by atoms with Crippen LogP contribution in [0.5, 0.6) is 5.75 Å². The molecule has 92 valence electrons. The van der Waals surface area contributed by atoms with E-state index in [1.807, 2.05) is 0 Å². The average molecular weight is 262 g/mol. The summed E-state index contributed by atoms with van der Waals surface area (Å²) in [4.78, 5) is 9.54. The number of nitrogens with zero attached hydrogens (tertiary/aromatic N) is 1. The summed E-state index contributed by atoms with van der Waals surface area (Å²) in [6.45, 7) is 1.47. The van der Waals surface area contributed by atoms with Crippen LogP contribution in [0, 0.1) is 21.3 Å². The van der Waals surface area contributed by atoms with Gasteiger partial charge in [0.05, 0.1) is 9.95 Å². The van der Waals surface area contributed by atoms with Crippen LogP contribution >= 0.6 is 11.6 Å². The number of nitrogens with one attached hydrogen (secondary N) is 1. The van der Waals surface area contributed by atoms with Crippen LogP contribution in [0.3, 0.4) is 0 Å².